The molecule has 0 aromatic rings. The molecule has 0 spiro atoms. The van der Waals surface area contributed by atoms with Crippen molar-refractivity contribution < 1.29 is 28.6 Å². The molecule has 0 aromatic carbocycles. The number of allylic oxidation sites excluding steroid dienone is 28. The molecule has 1 unspecified atom stereocenters. The topological polar surface area (TPSA) is 78.9 Å². The van der Waals surface area contributed by atoms with Crippen LogP contribution in [0.3, 0.4) is 0 Å². The van der Waals surface area contributed by atoms with E-state index in [0.717, 1.165) is 186 Å². The SMILES string of the molecule is CC/C=C\C/C=C\C/C=C\C/C=C\C/C=C\C/C=C\C/C=C\C/C=C\C/C=C\CCCCCCCC(=O)OCC(COC(=O)CCCCCCC/C=C\CCCCC)OC(=O)CCCCCC/C=C\C/C=C\C/C=C\C/C=C\CC. The van der Waals surface area contributed by atoms with Gasteiger partial charge in [-0.25, -0.2) is 0 Å². The van der Waals surface area contributed by atoms with Gasteiger partial charge in [0.05, 0.1) is 0 Å². The summed E-state index contributed by atoms with van der Waals surface area (Å²) in [6.45, 7) is 6.33. The van der Waals surface area contributed by atoms with Gasteiger partial charge in [0.2, 0.25) is 0 Å². The fraction of sp³-hybridized carbons (Fsp3) is 0.581. The van der Waals surface area contributed by atoms with E-state index in [1.54, 1.807) is 0 Å². The lowest BCUT2D eigenvalue weighted by Crippen LogP contribution is -2.30. The Morgan fingerprint density at radius 1 is 0.263 bits per heavy atom. The van der Waals surface area contributed by atoms with E-state index in [1.807, 2.05) is 0 Å². The van der Waals surface area contributed by atoms with E-state index in [2.05, 4.69) is 191 Å². The Kier molecular flexibility index (Phi) is 61.9. The van der Waals surface area contributed by atoms with Crippen LogP contribution in [0.5, 0.6) is 0 Å². The van der Waals surface area contributed by atoms with E-state index in [0.29, 0.717) is 12.8 Å². The van der Waals surface area contributed by atoms with Gasteiger partial charge in [0.15, 0.2) is 6.10 Å². The first-order valence-electron chi connectivity index (χ1n) is 32.1. The molecule has 0 N–H and O–H groups in total. The lowest BCUT2D eigenvalue weighted by molar-refractivity contribution is -0.167. The van der Waals surface area contributed by atoms with Crippen LogP contribution in [0.2, 0.25) is 0 Å². The van der Waals surface area contributed by atoms with Gasteiger partial charge in [-0.2, -0.15) is 0 Å². The third-order valence-corrected chi connectivity index (χ3v) is 12.9. The summed E-state index contributed by atoms with van der Waals surface area (Å²) in [6.07, 6.45) is 97.9. The van der Waals surface area contributed by atoms with Gasteiger partial charge < -0.3 is 14.2 Å². The summed E-state index contributed by atoms with van der Waals surface area (Å²) in [5, 5.41) is 0. The minimum atomic E-state index is -0.812. The van der Waals surface area contributed by atoms with E-state index < -0.39 is 6.10 Å². The van der Waals surface area contributed by atoms with Gasteiger partial charge >= 0.3 is 17.9 Å². The third-order valence-electron chi connectivity index (χ3n) is 12.9. The number of hydrogen-bond donors (Lipinski definition) is 0. The second-order valence-corrected chi connectivity index (χ2v) is 20.5. The standard InChI is InChI=1S/C74H116O6/c1-4-7-10-13-16-19-22-25-27-29-30-31-32-33-34-35-36-37-38-39-40-41-42-43-44-46-47-49-52-55-58-61-64-67-73(76)79-70-71(69-78-72(75)66-63-60-57-54-51-24-21-18-15-12-9-6-3)80-74(77)68-65-62-59-56-53-50-48-45-28-26-23-20-17-14-11-8-5-2/h7-8,10-11,16-21,25-28,30-31,33-34,36-37,39-40,42-43,46-48,50,71H,4-6,9,12-15,22-24,29,32,35,38,41,44-45,49,51-70H2,1-3H3/b10-7-,11-8-,19-16-,20-17-,21-18-,27-25-,28-26-,31-30-,34-33-,37-36-,40-39-,43-42-,47-46-,50-48-. The number of hydrogen-bond acceptors (Lipinski definition) is 6. The average Bonchev–Trinajstić information content (AvgIpc) is 3.46. The molecule has 0 aliphatic heterocycles. The Labute approximate surface area is 492 Å². The van der Waals surface area contributed by atoms with Gasteiger partial charge in [0.1, 0.15) is 13.2 Å². The smallest absolute Gasteiger partial charge is 0.306 e. The summed E-state index contributed by atoms with van der Waals surface area (Å²) in [5.74, 6) is -0.964. The lowest BCUT2D eigenvalue weighted by atomic mass is 10.1. The molecule has 0 bridgehead atoms. The van der Waals surface area contributed by atoms with Crippen molar-refractivity contribution in [2.45, 2.75) is 264 Å². The fourth-order valence-electron chi connectivity index (χ4n) is 8.18. The second-order valence-electron chi connectivity index (χ2n) is 20.5. The van der Waals surface area contributed by atoms with Crippen LogP contribution in [0.4, 0.5) is 0 Å². The fourth-order valence-corrected chi connectivity index (χ4v) is 8.18. The van der Waals surface area contributed by atoms with E-state index in [4.69, 9.17) is 14.2 Å². The number of unbranched alkanes of at least 4 members (excludes halogenated alkanes) is 17. The van der Waals surface area contributed by atoms with Crippen LogP contribution in [-0.4, -0.2) is 37.2 Å². The monoisotopic (exact) mass is 1100 g/mol. The molecule has 448 valence electrons. The Hall–Kier alpha value is -5.23. The van der Waals surface area contributed by atoms with Crippen molar-refractivity contribution in [1.82, 2.24) is 0 Å². The van der Waals surface area contributed by atoms with Crippen LogP contribution in [0.1, 0.15) is 258 Å². The number of carbonyl (C=O) groups is 3. The minimum Gasteiger partial charge on any atom is -0.462 e. The number of ether oxygens (including phenoxy) is 3. The Balaban J connectivity index is 4.37. The van der Waals surface area contributed by atoms with Crippen molar-refractivity contribution in [1.29, 1.82) is 0 Å². The maximum atomic E-state index is 12.9. The zero-order chi connectivity index (χ0) is 57.8. The van der Waals surface area contributed by atoms with Gasteiger partial charge in [-0.1, -0.05) is 255 Å². The molecule has 0 radical (unpaired) electrons. The molecule has 0 saturated heterocycles. The summed E-state index contributed by atoms with van der Waals surface area (Å²) in [4.78, 5) is 38.2. The molecule has 0 amide bonds. The Morgan fingerprint density at radius 3 is 0.775 bits per heavy atom. The highest BCUT2D eigenvalue weighted by molar-refractivity contribution is 5.71. The lowest BCUT2D eigenvalue weighted by Gasteiger charge is -2.18. The van der Waals surface area contributed by atoms with E-state index >= 15 is 0 Å². The molecular formula is C74H116O6. The highest BCUT2D eigenvalue weighted by Gasteiger charge is 2.19. The molecule has 6 nitrogen and oxygen atoms in total. The van der Waals surface area contributed by atoms with Crippen molar-refractivity contribution in [2.75, 3.05) is 13.2 Å². The van der Waals surface area contributed by atoms with Gasteiger partial charge in [-0.05, 0) is 154 Å². The summed E-state index contributed by atoms with van der Waals surface area (Å²) in [5.41, 5.74) is 0. The highest BCUT2D eigenvalue weighted by Crippen LogP contribution is 2.13. The van der Waals surface area contributed by atoms with Gasteiger partial charge in [0.25, 0.3) is 0 Å². The molecule has 0 aliphatic rings. The Bertz CT molecular complexity index is 1840. The molecule has 0 rings (SSSR count). The van der Waals surface area contributed by atoms with Gasteiger partial charge in [-0.15, -0.1) is 0 Å². The number of rotatable bonds is 56. The molecule has 1 atom stereocenters. The molecule has 80 heavy (non-hydrogen) atoms. The normalized spacial score (nSPS) is 13.3. The summed E-state index contributed by atoms with van der Waals surface area (Å²) < 4.78 is 16.8. The molecule has 0 aromatic heterocycles. The predicted octanol–water partition coefficient (Wildman–Crippen LogP) is 22.3. The predicted molar refractivity (Wildman–Crippen MR) is 348 cm³/mol. The van der Waals surface area contributed by atoms with Crippen molar-refractivity contribution in [2.24, 2.45) is 0 Å². The van der Waals surface area contributed by atoms with Crippen LogP contribution in [0.25, 0.3) is 0 Å². The van der Waals surface area contributed by atoms with Crippen molar-refractivity contribution in [3.63, 3.8) is 0 Å². The van der Waals surface area contributed by atoms with E-state index in [1.165, 1.54) is 32.1 Å². The van der Waals surface area contributed by atoms with E-state index in [-0.39, 0.29) is 37.5 Å². The molecule has 0 aliphatic carbocycles. The van der Waals surface area contributed by atoms with Crippen LogP contribution >= 0.6 is 0 Å². The minimum absolute atomic E-state index is 0.105. The average molecular weight is 1100 g/mol. The number of carbonyl (C=O) groups excluding carboxylic acids is 3. The largest absolute Gasteiger partial charge is 0.462 e. The maximum Gasteiger partial charge on any atom is 0.306 e. The van der Waals surface area contributed by atoms with Crippen molar-refractivity contribution in [3.05, 3.63) is 170 Å². The van der Waals surface area contributed by atoms with Crippen LogP contribution in [-0.2, 0) is 28.6 Å². The highest BCUT2D eigenvalue weighted by atomic mass is 16.6. The van der Waals surface area contributed by atoms with Crippen LogP contribution < -0.4 is 0 Å². The zero-order valence-electron chi connectivity index (χ0n) is 51.3. The zero-order valence-corrected chi connectivity index (χ0v) is 51.3. The van der Waals surface area contributed by atoms with Crippen LogP contribution in [0.15, 0.2) is 170 Å². The summed E-state index contributed by atoms with van der Waals surface area (Å²) in [6, 6.07) is 0. The van der Waals surface area contributed by atoms with Crippen LogP contribution in [0, 0.1) is 0 Å². The van der Waals surface area contributed by atoms with Gasteiger partial charge in [-0.3, -0.25) is 14.4 Å². The summed E-state index contributed by atoms with van der Waals surface area (Å²) in [7, 11) is 0. The second kappa shape index (κ2) is 66.3. The van der Waals surface area contributed by atoms with Crippen molar-refractivity contribution in [3.8, 4) is 0 Å². The molecule has 0 fully saturated rings. The first-order valence-corrected chi connectivity index (χ1v) is 32.1. The molecule has 0 heterocycles. The number of esters is 3. The van der Waals surface area contributed by atoms with Gasteiger partial charge in [0, 0.05) is 19.3 Å². The van der Waals surface area contributed by atoms with E-state index in [9.17, 15) is 14.4 Å². The molecule has 0 saturated carbocycles. The first-order chi connectivity index (χ1) is 39.5. The van der Waals surface area contributed by atoms with Crippen molar-refractivity contribution >= 4 is 17.9 Å². The summed E-state index contributed by atoms with van der Waals surface area (Å²) >= 11 is 0. The Morgan fingerprint density at radius 2 is 0.487 bits per heavy atom. The maximum absolute atomic E-state index is 12.9. The molecular weight excluding hydrogens is 985 g/mol. The third kappa shape index (κ3) is 63.6. The molecule has 6 heteroatoms. The quantitative estimate of drug-likeness (QED) is 0.0261. The first kappa shape index (κ1) is 74.8.